The number of likely N-dealkylation sites (N-methyl/N-ethyl adjacent to an activating group) is 2. The van der Waals surface area contributed by atoms with Gasteiger partial charge in [0.2, 0.25) is 0 Å². The third kappa shape index (κ3) is 6.86. The molecule has 0 aliphatic heterocycles. The van der Waals surface area contributed by atoms with Gasteiger partial charge in [-0.1, -0.05) is 0 Å². The standard InChI is InChI=1S/C18H34N6O2.ClH/c1-17(2)15(21-19-13(25)11-23(5,6)7)18(3,4)16(17)22-20-14(26)12-24(8,9)10;/h11-12H2,1-10H3;1H/p+1. The van der Waals surface area contributed by atoms with Gasteiger partial charge in [0.05, 0.1) is 53.7 Å². The molecule has 1 fully saturated rings. The Labute approximate surface area is 169 Å². The van der Waals surface area contributed by atoms with Crippen LogP contribution in [0.25, 0.3) is 0 Å². The quantitative estimate of drug-likeness (QED) is 0.377. The van der Waals surface area contributed by atoms with Gasteiger partial charge in [0.1, 0.15) is 0 Å². The van der Waals surface area contributed by atoms with Crippen molar-refractivity contribution < 1.29 is 31.0 Å². The molecule has 0 unspecified atom stereocenters. The van der Waals surface area contributed by atoms with Gasteiger partial charge in [0.25, 0.3) is 11.8 Å². The van der Waals surface area contributed by atoms with E-state index in [0.717, 1.165) is 11.4 Å². The maximum Gasteiger partial charge on any atom is 0.295 e. The predicted molar refractivity (Wildman–Crippen MR) is 105 cm³/mol. The molecular formula is C18H36ClN6O2+. The topological polar surface area (TPSA) is 82.9 Å². The van der Waals surface area contributed by atoms with E-state index in [0.29, 0.717) is 22.1 Å². The van der Waals surface area contributed by atoms with Gasteiger partial charge >= 0.3 is 0 Å². The molecule has 8 nitrogen and oxygen atoms in total. The van der Waals surface area contributed by atoms with E-state index in [1.807, 2.05) is 70.0 Å². The third-order valence-electron chi connectivity index (χ3n) is 4.19. The number of nitrogens with zero attached hydrogens (tertiary/aromatic N) is 4. The Balaban J connectivity index is 0.00000676. The Morgan fingerprint density at radius 3 is 1.22 bits per heavy atom. The highest BCUT2D eigenvalue weighted by atomic mass is 35.5. The fourth-order valence-electron chi connectivity index (χ4n) is 3.45. The lowest BCUT2D eigenvalue weighted by molar-refractivity contribution is -0.862. The fraction of sp³-hybridized carbons (Fsp3) is 0.778. The summed E-state index contributed by atoms with van der Waals surface area (Å²) in [4.78, 5) is 24.1. The first kappa shape index (κ1) is 25.5. The summed E-state index contributed by atoms with van der Waals surface area (Å²) in [5.74, 6) is -0.253. The molecular weight excluding hydrogens is 368 g/mol. The summed E-state index contributed by atoms with van der Waals surface area (Å²) in [7, 11) is 11.7. The van der Waals surface area contributed by atoms with Gasteiger partial charge in [-0.05, 0) is 27.7 Å². The van der Waals surface area contributed by atoms with Crippen LogP contribution in [-0.4, -0.2) is 87.6 Å². The van der Waals surface area contributed by atoms with Crippen LogP contribution in [0, 0.1) is 10.8 Å². The highest BCUT2D eigenvalue weighted by molar-refractivity contribution is 6.34. The molecule has 2 amide bonds. The summed E-state index contributed by atoms with van der Waals surface area (Å²) in [5.41, 5.74) is 6.17. The van der Waals surface area contributed by atoms with Gasteiger partial charge in [0.15, 0.2) is 13.1 Å². The molecule has 1 aliphatic carbocycles. The Bertz CT molecular complexity index is 567. The summed E-state index contributed by atoms with van der Waals surface area (Å²) < 4.78 is 1.07. The minimum atomic E-state index is -0.419. The van der Waals surface area contributed by atoms with Gasteiger partial charge in [-0.15, -0.1) is 0 Å². The number of hydrogen-bond acceptors (Lipinski definition) is 4. The second-order valence-corrected chi connectivity index (χ2v) is 10.1. The maximum atomic E-state index is 12.0. The molecule has 0 aromatic rings. The molecule has 156 valence electrons. The first-order chi connectivity index (χ1) is 11.5. The fourth-order valence-corrected chi connectivity index (χ4v) is 3.45. The van der Waals surface area contributed by atoms with Gasteiger partial charge in [-0.2, -0.15) is 10.2 Å². The number of hydrazone groups is 2. The number of carbonyl (C=O) groups excluding carboxylic acids is 2. The number of hydrogen-bond donors (Lipinski definition) is 2. The van der Waals surface area contributed by atoms with Crippen molar-refractivity contribution in [1.82, 2.24) is 10.9 Å². The molecule has 9 heteroatoms. The minimum absolute atomic E-state index is 0. The SMILES string of the molecule is CC1(C)C(=NNC(=O)C[N+](C)(C)C)C(C)(C)C1=NNC(=O)C[N+](C)(C)C.[Cl-]. The first-order valence-electron chi connectivity index (χ1n) is 8.83. The molecule has 27 heavy (non-hydrogen) atoms. The second-order valence-electron chi connectivity index (χ2n) is 10.1. The monoisotopic (exact) mass is 403 g/mol. The first-order valence-corrected chi connectivity index (χ1v) is 8.83. The van der Waals surface area contributed by atoms with Crippen LogP contribution in [0.15, 0.2) is 10.2 Å². The lowest BCUT2D eigenvalue weighted by Gasteiger charge is -2.51. The van der Waals surface area contributed by atoms with Crippen LogP contribution < -0.4 is 23.3 Å². The number of carbonyl (C=O) groups is 2. The Kier molecular flexibility index (Phi) is 7.78. The molecule has 1 saturated carbocycles. The van der Waals surface area contributed by atoms with Gasteiger partial charge in [-0.3, -0.25) is 9.59 Å². The van der Waals surface area contributed by atoms with Gasteiger partial charge in [0, 0.05) is 10.8 Å². The van der Waals surface area contributed by atoms with Crippen LogP contribution >= 0.6 is 0 Å². The molecule has 0 saturated heterocycles. The van der Waals surface area contributed by atoms with Crippen LogP contribution in [0.4, 0.5) is 0 Å². The van der Waals surface area contributed by atoms with Gasteiger partial charge < -0.3 is 21.4 Å². The maximum absolute atomic E-state index is 12.0. The summed E-state index contributed by atoms with van der Waals surface area (Å²) >= 11 is 0. The number of amides is 2. The molecule has 0 aromatic carbocycles. The Morgan fingerprint density at radius 1 is 0.741 bits per heavy atom. The van der Waals surface area contributed by atoms with Crippen LogP contribution in [-0.2, 0) is 9.59 Å². The molecule has 2 N–H and O–H groups in total. The van der Waals surface area contributed by atoms with E-state index < -0.39 is 10.8 Å². The predicted octanol–water partition coefficient (Wildman–Crippen LogP) is -2.59. The lowest BCUT2D eigenvalue weighted by Crippen LogP contribution is -3.00. The van der Waals surface area contributed by atoms with Gasteiger partial charge in [-0.25, -0.2) is 10.9 Å². The minimum Gasteiger partial charge on any atom is -1.00 e. The largest absolute Gasteiger partial charge is 1.00 e. The summed E-state index contributed by atoms with van der Waals surface area (Å²) in [5, 5.41) is 8.73. The Hall–Kier alpha value is -1.51. The molecule has 0 atom stereocenters. The van der Waals surface area contributed by atoms with E-state index in [1.54, 1.807) is 0 Å². The van der Waals surface area contributed by atoms with E-state index in [-0.39, 0.29) is 24.2 Å². The highest BCUT2D eigenvalue weighted by Crippen LogP contribution is 2.48. The molecule has 0 aromatic heterocycles. The number of rotatable bonds is 6. The third-order valence-corrected chi connectivity index (χ3v) is 4.19. The van der Waals surface area contributed by atoms with E-state index in [4.69, 9.17) is 0 Å². The van der Waals surface area contributed by atoms with Crippen molar-refractivity contribution in [2.75, 3.05) is 55.4 Å². The lowest BCUT2D eigenvalue weighted by atomic mass is 9.52. The Morgan fingerprint density at radius 2 is 1.00 bits per heavy atom. The van der Waals surface area contributed by atoms with Crippen molar-refractivity contribution in [2.24, 2.45) is 21.0 Å². The molecule has 1 aliphatic rings. The van der Waals surface area contributed by atoms with Crippen molar-refractivity contribution in [2.45, 2.75) is 27.7 Å². The molecule has 0 radical (unpaired) electrons. The van der Waals surface area contributed by atoms with Crippen molar-refractivity contribution in [3.63, 3.8) is 0 Å². The van der Waals surface area contributed by atoms with Crippen molar-refractivity contribution >= 4 is 23.2 Å². The van der Waals surface area contributed by atoms with E-state index in [1.165, 1.54) is 0 Å². The summed E-state index contributed by atoms with van der Waals surface area (Å²) in [6, 6.07) is 0. The van der Waals surface area contributed by atoms with Crippen molar-refractivity contribution in [1.29, 1.82) is 0 Å². The summed E-state index contributed by atoms with van der Waals surface area (Å²) in [6.45, 7) is 8.67. The zero-order valence-electron chi connectivity index (χ0n) is 18.4. The average Bonchev–Trinajstić information content (AvgIpc) is 2.32. The summed E-state index contributed by atoms with van der Waals surface area (Å²) in [6.07, 6.45) is 0. The number of quaternary nitrogens is 2. The normalized spacial score (nSPS) is 18.0. The zero-order valence-corrected chi connectivity index (χ0v) is 19.2. The van der Waals surface area contributed by atoms with E-state index in [9.17, 15) is 9.59 Å². The second kappa shape index (κ2) is 8.24. The van der Waals surface area contributed by atoms with Crippen LogP contribution in [0.5, 0.6) is 0 Å². The van der Waals surface area contributed by atoms with Crippen LogP contribution in [0.1, 0.15) is 27.7 Å². The number of halogens is 1. The number of nitrogens with one attached hydrogen (secondary N) is 2. The average molecular weight is 404 g/mol. The molecule has 0 bridgehead atoms. The molecule has 0 spiro atoms. The highest BCUT2D eigenvalue weighted by Gasteiger charge is 2.57. The smallest absolute Gasteiger partial charge is 0.295 e. The van der Waals surface area contributed by atoms with E-state index in [2.05, 4.69) is 21.1 Å². The zero-order chi connectivity index (χ0) is 20.6. The van der Waals surface area contributed by atoms with Crippen LogP contribution in [0.2, 0.25) is 0 Å². The van der Waals surface area contributed by atoms with Crippen molar-refractivity contribution in [3.8, 4) is 0 Å². The van der Waals surface area contributed by atoms with E-state index >= 15 is 0 Å². The van der Waals surface area contributed by atoms with Crippen molar-refractivity contribution in [3.05, 3.63) is 0 Å². The van der Waals surface area contributed by atoms with Crippen LogP contribution in [0.3, 0.4) is 0 Å². The molecule has 0 heterocycles. The molecule has 1 rings (SSSR count).